The molecule has 0 fully saturated rings. The summed E-state index contributed by atoms with van der Waals surface area (Å²) in [6.07, 6.45) is -1.53. The maximum absolute atomic E-state index is 12.2. The number of carboxylic acid groups (broad SMARTS) is 1. The predicted molar refractivity (Wildman–Crippen MR) is 136 cm³/mol. The molecule has 0 saturated carbocycles. The van der Waals surface area contributed by atoms with Crippen LogP contribution in [-0.2, 0) is 29.0 Å². The molecule has 7 nitrogen and oxygen atoms in total. The highest BCUT2D eigenvalue weighted by atomic mass is 19.4. The fraction of sp³-hybridized carbons (Fsp3) is 0.310. The van der Waals surface area contributed by atoms with E-state index in [1.165, 1.54) is 5.56 Å². The molecule has 0 aliphatic heterocycles. The minimum Gasteiger partial charge on any atom is -0.542 e. The summed E-state index contributed by atoms with van der Waals surface area (Å²) in [6.45, 7) is 0.759. The summed E-state index contributed by atoms with van der Waals surface area (Å²) in [5.74, 6) is -2.43. The number of carbonyl (C=O) groups excluding carboxylic acids is 2. The Bertz CT molecular complexity index is 1130. The largest absolute Gasteiger partial charge is 0.542 e. The Balaban J connectivity index is 0.000000673. The molecule has 0 spiro atoms. The average Bonchev–Trinajstić information content (AvgIpc) is 2.91. The number of carbonyl (C=O) groups is 2. The number of aryl methyl sites for hydroxylation is 1. The van der Waals surface area contributed by atoms with E-state index in [4.69, 9.17) is 14.6 Å². The molecule has 1 amide bonds. The van der Waals surface area contributed by atoms with Crippen LogP contribution in [0.1, 0.15) is 36.0 Å². The predicted octanol–water partition coefficient (Wildman–Crippen LogP) is 3.35. The standard InChI is InChI=1S/C27H32N2O3.C2HF3O2/c28-25(20-29(31)27(30)14-8-7-11-22-9-3-1-4-10-22)19-23-15-17-26(18-16-23)32-21-24-12-5-2-6-13-24;3-2(4,5)1(6)7/h1-6,9-10,12-13,15-18,25,31H,7-8,11,14,19-21,28H2;(H,6,7)/t25-;/m0./s1. The summed E-state index contributed by atoms with van der Waals surface area (Å²) < 4.78 is 37.4. The fourth-order valence-corrected chi connectivity index (χ4v) is 3.59. The van der Waals surface area contributed by atoms with Crippen LogP contribution in [0.5, 0.6) is 5.75 Å². The van der Waals surface area contributed by atoms with E-state index in [9.17, 15) is 23.2 Å². The first-order valence-electron chi connectivity index (χ1n) is 12.4. The van der Waals surface area contributed by atoms with E-state index in [0.717, 1.165) is 41.2 Å². The summed E-state index contributed by atoms with van der Waals surface area (Å²) in [5.41, 5.74) is 7.60. The van der Waals surface area contributed by atoms with Crippen LogP contribution in [0.4, 0.5) is 13.2 Å². The van der Waals surface area contributed by atoms with Gasteiger partial charge in [-0.05, 0) is 48.1 Å². The molecule has 0 radical (unpaired) electrons. The molecule has 39 heavy (non-hydrogen) atoms. The van der Waals surface area contributed by atoms with Gasteiger partial charge in [-0.15, -0.1) is 0 Å². The van der Waals surface area contributed by atoms with E-state index >= 15 is 0 Å². The van der Waals surface area contributed by atoms with Crippen molar-refractivity contribution < 1.29 is 43.5 Å². The molecule has 210 valence electrons. The Morgan fingerprint density at radius 1 is 0.872 bits per heavy atom. The lowest BCUT2D eigenvalue weighted by molar-refractivity contribution is -0.425. The van der Waals surface area contributed by atoms with Crippen molar-refractivity contribution in [1.29, 1.82) is 0 Å². The van der Waals surface area contributed by atoms with Crippen molar-refractivity contribution in [1.82, 2.24) is 5.06 Å². The lowest BCUT2D eigenvalue weighted by Gasteiger charge is -2.18. The highest BCUT2D eigenvalue weighted by Crippen LogP contribution is 2.15. The van der Waals surface area contributed by atoms with E-state index in [1.54, 1.807) is 0 Å². The number of carboxylic acids is 1. The molecule has 0 aliphatic carbocycles. The Labute approximate surface area is 225 Å². The minimum absolute atomic E-state index is 0.0932. The van der Waals surface area contributed by atoms with E-state index < -0.39 is 12.1 Å². The van der Waals surface area contributed by atoms with Gasteiger partial charge in [0.15, 0.2) is 0 Å². The van der Waals surface area contributed by atoms with E-state index in [2.05, 4.69) is 17.9 Å². The molecular weight excluding hydrogens is 513 g/mol. The first-order valence-corrected chi connectivity index (χ1v) is 12.4. The molecule has 0 aliphatic rings. The summed E-state index contributed by atoms with van der Waals surface area (Å²) >= 11 is 0. The molecule has 0 saturated heterocycles. The molecular formula is C29H33F3N2O5. The molecule has 4 N–H and O–H groups in total. The zero-order valence-corrected chi connectivity index (χ0v) is 21.5. The van der Waals surface area contributed by atoms with Gasteiger partial charge < -0.3 is 20.4 Å². The number of aliphatic carboxylic acids is 1. The van der Waals surface area contributed by atoms with Crippen molar-refractivity contribution >= 4 is 11.9 Å². The van der Waals surface area contributed by atoms with Crippen LogP contribution >= 0.6 is 0 Å². The van der Waals surface area contributed by atoms with Crippen LogP contribution in [0.15, 0.2) is 84.9 Å². The topological polar surface area (TPSA) is 118 Å². The van der Waals surface area contributed by atoms with Gasteiger partial charge in [0, 0.05) is 12.8 Å². The third-order valence-corrected chi connectivity index (χ3v) is 5.60. The number of benzene rings is 3. The number of rotatable bonds is 12. The van der Waals surface area contributed by atoms with Crippen molar-refractivity contribution in [3.05, 3.63) is 102 Å². The Hall–Kier alpha value is -3.89. The Morgan fingerprint density at radius 3 is 1.95 bits per heavy atom. The lowest BCUT2D eigenvalue weighted by Crippen LogP contribution is -2.66. The normalized spacial score (nSPS) is 11.6. The van der Waals surface area contributed by atoms with Crippen LogP contribution in [0, 0.1) is 0 Å². The van der Waals surface area contributed by atoms with Gasteiger partial charge in [0.05, 0.1) is 0 Å². The van der Waals surface area contributed by atoms with Crippen LogP contribution in [0.2, 0.25) is 0 Å². The number of halogens is 3. The van der Waals surface area contributed by atoms with Crippen molar-refractivity contribution in [3.63, 3.8) is 0 Å². The minimum atomic E-state index is -5.19. The van der Waals surface area contributed by atoms with Crippen molar-refractivity contribution in [3.8, 4) is 5.75 Å². The lowest BCUT2D eigenvalue weighted by atomic mass is 10.1. The van der Waals surface area contributed by atoms with Crippen LogP contribution in [0.25, 0.3) is 0 Å². The Morgan fingerprint density at radius 2 is 1.41 bits per heavy atom. The first kappa shape index (κ1) is 31.3. The van der Waals surface area contributed by atoms with E-state index in [0.29, 0.717) is 19.4 Å². The van der Waals surface area contributed by atoms with Crippen LogP contribution < -0.4 is 15.6 Å². The third-order valence-electron chi connectivity index (χ3n) is 5.60. The van der Waals surface area contributed by atoms with Gasteiger partial charge in [-0.2, -0.15) is 13.2 Å². The smallest absolute Gasteiger partial charge is 0.430 e. The van der Waals surface area contributed by atoms with Gasteiger partial charge in [-0.3, -0.25) is 10.0 Å². The number of nitrogens with zero attached hydrogens (tertiary/aromatic N) is 1. The monoisotopic (exact) mass is 546 g/mol. The highest BCUT2D eigenvalue weighted by Gasteiger charge is 2.28. The molecule has 0 unspecified atom stereocenters. The second-order valence-electron chi connectivity index (χ2n) is 8.94. The zero-order valence-electron chi connectivity index (χ0n) is 21.5. The van der Waals surface area contributed by atoms with Crippen LogP contribution in [-0.4, -0.2) is 40.9 Å². The molecule has 3 aromatic carbocycles. The summed E-state index contributed by atoms with van der Waals surface area (Å²) in [4.78, 5) is 21.0. The first-order chi connectivity index (χ1) is 18.5. The number of ether oxygens (including phenoxy) is 1. The third kappa shape index (κ3) is 13.0. The second-order valence-corrected chi connectivity index (χ2v) is 8.94. The van der Waals surface area contributed by atoms with Gasteiger partial charge in [0.1, 0.15) is 30.9 Å². The number of alkyl halides is 3. The van der Waals surface area contributed by atoms with Gasteiger partial charge in [0.25, 0.3) is 0 Å². The van der Waals surface area contributed by atoms with Crippen molar-refractivity contribution in [2.45, 2.75) is 50.9 Å². The fourth-order valence-electron chi connectivity index (χ4n) is 3.59. The molecule has 0 bridgehead atoms. The molecule has 0 aromatic heterocycles. The number of quaternary nitrogens is 1. The van der Waals surface area contributed by atoms with Crippen molar-refractivity contribution in [2.24, 2.45) is 0 Å². The van der Waals surface area contributed by atoms with Gasteiger partial charge >= 0.3 is 6.18 Å². The maximum atomic E-state index is 12.2. The van der Waals surface area contributed by atoms with Crippen LogP contribution in [0.3, 0.4) is 0 Å². The number of unbranched alkanes of at least 4 members (excludes halogenated alkanes) is 1. The SMILES string of the molecule is O=C([O-])C(F)(F)F.[NH3+][C@@H](Cc1ccc(OCc2ccccc2)cc1)CN(O)C(=O)CCCCc1ccccc1. The highest BCUT2D eigenvalue weighted by molar-refractivity contribution is 5.74. The number of hydrogen-bond donors (Lipinski definition) is 2. The van der Waals surface area contributed by atoms with E-state index in [1.807, 2.05) is 72.8 Å². The molecule has 1 atom stereocenters. The maximum Gasteiger partial charge on any atom is 0.430 e. The quantitative estimate of drug-likeness (QED) is 0.205. The Kier molecular flexibility index (Phi) is 13.0. The number of hydroxylamine groups is 2. The van der Waals surface area contributed by atoms with E-state index in [-0.39, 0.29) is 18.5 Å². The average molecular weight is 547 g/mol. The molecule has 3 aromatic rings. The second kappa shape index (κ2) is 16.2. The van der Waals surface area contributed by atoms with Crippen molar-refractivity contribution in [2.75, 3.05) is 6.54 Å². The molecule has 0 heterocycles. The van der Waals surface area contributed by atoms with Gasteiger partial charge in [-0.1, -0.05) is 72.8 Å². The number of hydrogen-bond acceptors (Lipinski definition) is 5. The van der Waals surface area contributed by atoms with Gasteiger partial charge in [0.2, 0.25) is 5.91 Å². The summed E-state index contributed by atoms with van der Waals surface area (Å²) in [5, 5.41) is 19.7. The van der Waals surface area contributed by atoms with Gasteiger partial charge in [-0.25, -0.2) is 5.06 Å². The summed E-state index contributed by atoms with van der Waals surface area (Å²) in [6, 6.07) is 28.1. The molecule has 10 heteroatoms. The summed E-state index contributed by atoms with van der Waals surface area (Å²) in [7, 11) is 0. The zero-order chi connectivity index (χ0) is 28.7. The molecule has 3 rings (SSSR count). The number of amides is 1.